The number of anilines is 1. The van der Waals surface area contributed by atoms with Gasteiger partial charge in [0.15, 0.2) is 0 Å². The van der Waals surface area contributed by atoms with Crippen LogP contribution in [0.2, 0.25) is 0 Å². The summed E-state index contributed by atoms with van der Waals surface area (Å²) >= 11 is 0. The number of benzene rings is 2. The molecule has 0 amide bonds. The highest BCUT2D eigenvalue weighted by Crippen LogP contribution is 2.18. The minimum Gasteiger partial charge on any atom is -0.457 e. The quantitative estimate of drug-likeness (QED) is 0.696. The highest BCUT2D eigenvalue weighted by atomic mass is 19.1. The number of nitrogen functional groups attached to an aromatic ring is 1. The molecule has 4 nitrogen and oxygen atoms in total. The number of nitriles is 1. The molecule has 0 fully saturated rings. The zero-order chi connectivity index (χ0) is 15.4. The largest absolute Gasteiger partial charge is 0.457 e. The van der Waals surface area contributed by atoms with Crippen LogP contribution < -0.4 is 5.73 Å². The van der Waals surface area contributed by atoms with Crippen LogP contribution in [0.15, 0.2) is 36.4 Å². The molecule has 0 bridgehead atoms. The second kappa shape index (κ2) is 6.01. The molecule has 0 saturated heterocycles. The fourth-order valence-electron chi connectivity index (χ4n) is 1.62. The van der Waals surface area contributed by atoms with Gasteiger partial charge < -0.3 is 10.5 Å². The molecule has 0 saturated carbocycles. The summed E-state index contributed by atoms with van der Waals surface area (Å²) in [5.74, 6) is -2.82. The second-order valence-corrected chi connectivity index (χ2v) is 4.24. The van der Waals surface area contributed by atoms with Crippen LogP contribution in [0, 0.1) is 23.0 Å². The summed E-state index contributed by atoms with van der Waals surface area (Å²) in [4.78, 5) is 11.7. The van der Waals surface area contributed by atoms with Crippen LogP contribution in [0.3, 0.4) is 0 Å². The van der Waals surface area contributed by atoms with E-state index < -0.39 is 23.2 Å². The van der Waals surface area contributed by atoms with Gasteiger partial charge in [0.25, 0.3) is 0 Å². The first-order valence-corrected chi connectivity index (χ1v) is 5.92. The Morgan fingerprint density at radius 1 is 1.19 bits per heavy atom. The third kappa shape index (κ3) is 3.34. The first-order valence-electron chi connectivity index (χ1n) is 5.92. The predicted molar refractivity (Wildman–Crippen MR) is 71.0 cm³/mol. The van der Waals surface area contributed by atoms with E-state index in [0.29, 0.717) is 17.2 Å². The van der Waals surface area contributed by atoms with Gasteiger partial charge >= 0.3 is 5.97 Å². The van der Waals surface area contributed by atoms with Crippen molar-refractivity contribution in [2.24, 2.45) is 0 Å². The summed E-state index contributed by atoms with van der Waals surface area (Å²) in [5, 5.41) is 8.65. The first kappa shape index (κ1) is 14.5. The van der Waals surface area contributed by atoms with E-state index in [1.54, 1.807) is 24.3 Å². The van der Waals surface area contributed by atoms with Crippen LogP contribution in [0.4, 0.5) is 14.5 Å². The fraction of sp³-hybridized carbons (Fsp3) is 0.0667. The average molecular weight is 288 g/mol. The minimum absolute atomic E-state index is 0.115. The molecule has 2 N–H and O–H groups in total. The monoisotopic (exact) mass is 288 g/mol. The molecule has 0 spiro atoms. The Balaban J connectivity index is 2.08. The van der Waals surface area contributed by atoms with Crippen LogP contribution in [0.25, 0.3) is 0 Å². The van der Waals surface area contributed by atoms with Gasteiger partial charge in [-0.25, -0.2) is 13.6 Å². The Labute approximate surface area is 119 Å². The number of nitrogens with zero attached hydrogens (tertiary/aromatic N) is 1. The highest BCUT2D eigenvalue weighted by molar-refractivity contribution is 5.90. The van der Waals surface area contributed by atoms with Gasteiger partial charge in [0.05, 0.1) is 22.9 Å². The van der Waals surface area contributed by atoms with E-state index >= 15 is 0 Å². The molecule has 0 radical (unpaired) electrons. The first-order chi connectivity index (χ1) is 10.0. The number of hydrogen-bond donors (Lipinski definition) is 1. The summed E-state index contributed by atoms with van der Waals surface area (Å²) < 4.78 is 31.7. The summed E-state index contributed by atoms with van der Waals surface area (Å²) in [7, 11) is 0. The van der Waals surface area contributed by atoms with Gasteiger partial charge in [-0.2, -0.15) is 5.26 Å². The van der Waals surface area contributed by atoms with E-state index in [9.17, 15) is 13.6 Å². The SMILES string of the molecule is N#Cc1ccc(COC(=O)c2cc(F)c(N)cc2F)cc1. The van der Waals surface area contributed by atoms with E-state index in [1.165, 1.54) is 0 Å². The molecule has 0 aliphatic carbocycles. The van der Waals surface area contributed by atoms with Crippen LogP contribution >= 0.6 is 0 Å². The van der Waals surface area contributed by atoms with Crippen molar-refractivity contribution in [3.8, 4) is 6.07 Å². The Morgan fingerprint density at radius 3 is 2.48 bits per heavy atom. The molecule has 0 aromatic heterocycles. The summed E-state index contributed by atoms with van der Waals surface area (Å²) in [5.41, 5.74) is 5.38. The number of hydrogen-bond acceptors (Lipinski definition) is 4. The lowest BCUT2D eigenvalue weighted by atomic mass is 10.1. The number of halogens is 2. The van der Waals surface area contributed by atoms with E-state index in [2.05, 4.69) is 0 Å². The summed E-state index contributed by atoms with van der Waals surface area (Å²) in [6.45, 7) is -0.115. The number of carbonyl (C=O) groups excluding carboxylic acids is 1. The second-order valence-electron chi connectivity index (χ2n) is 4.24. The van der Waals surface area contributed by atoms with Crippen LogP contribution in [-0.2, 0) is 11.3 Å². The van der Waals surface area contributed by atoms with E-state index in [0.717, 1.165) is 6.07 Å². The van der Waals surface area contributed by atoms with Crippen molar-refractivity contribution in [1.29, 1.82) is 5.26 Å². The number of ether oxygens (including phenoxy) is 1. The van der Waals surface area contributed by atoms with Gasteiger partial charge in [0.1, 0.15) is 18.2 Å². The summed E-state index contributed by atoms with van der Waals surface area (Å²) in [6.07, 6.45) is 0. The minimum atomic E-state index is -0.990. The molecule has 0 heterocycles. The normalized spacial score (nSPS) is 9.95. The molecule has 2 aromatic carbocycles. The molecular weight excluding hydrogens is 278 g/mol. The van der Waals surface area contributed by atoms with Gasteiger partial charge in [-0.3, -0.25) is 0 Å². The smallest absolute Gasteiger partial charge is 0.341 e. The zero-order valence-electron chi connectivity index (χ0n) is 10.8. The Morgan fingerprint density at radius 2 is 1.86 bits per heavy atom. The lowest BCUT2D eigenvalue weighted by Gasteiger charge is -2.07. The Hall–Kier alpha value is -2.94. The van der Waals surface area contributed by atoms with Gasteiger partial charge in [0, 0.05) is 6.07 Å². The molecule has 0 aliphatic heterocycles. The van der Waals surface area contributed by atoms with Crippen molar-refractivity contribution in [3.05, 3.63) is 64.7 Å². The molecule has 0 aliphatic rings. The van der Waals surface area contributed by atoms with Crippen molar-refractivity contribution in [1.82, 2.24) is 0 Å². The maximum Gasteiger partial charge on any atom is 0.341 e. The molecule has 0 unspecified atom stereocenters. The number of rotatable bonds is 3. The number of nitrogens with two attached hydrogens (primary N) is 1. The molecule has 106 valence electrons. The van der Waals surface area contributed by atoms with Gasteiger partial charge in [0.2, 0.25) is 0 Å². The number of esters is 1. The lowest BCUT2D eigenvalue weighted by Crippen LogP contribution is -2.09. The average Bonchev–Trinajstić information content (AvgIpc) is 2.49. The van der Waals surface area contributed by atoms with Gasteiger partial charge in [-0.05, 0) is 23.8 Å². The molecular formula is C15H10F2N2O2. The standard InChI is InChI=1S/C15H10F2N2O2/c16-12-6-14(19)13(17)5-11(12)15(20)21-8-10-3-1-9(7-18)2-4-10/h1-6H,8,19H2. The molecule has 2 rings (SSSR count). The van der Waals surface area contributed by atoms with Crippen LogP contribution in [0.5, 0.6) is 0 Å². The van der Waals surface area contributed by atoms with Crippen LogP contribution in [-0.4, -0.2) is 5.97 Å². The van der Waals surface area contributed by atoms with E-state index in [4.69, 9.17) is 15.7 Å². The predicted octanol–water partition coefficient (Wildman–Crippen LogP) is 2.78. The van der Waals surface area contributed by atoms with Crippen LogP contribution in [0.1, 0.15) is 21.5 Å². The van der Waals surface area contributed by atoms with Crippen molar-refractivity contribution >= 4 is 11.7 Å². The zero-order valence-corrected chi connectivity index (χ0v) is 10.8. The summed E-state index contributed by atoms with van der Waals surface area (Å²) in [6, 6.07) is 9.71. The van der Waals surface area contributed by atoms with Crippen molar-refractivity contribution in [2.75, 3.05) is 5.73 Å². The maximum absolute atomic E-state index is 13.5. The van der Waals surface area contributed by atoms with Crippen molar-refractivity contribution < 1.29 is 18.3 Å². The Kier molecular flexibility index (Phi) is 4.14. The molecule has 2 aromatic rings. The third-order valence-electron chi connectivity index (χ3n) is 2.76. The highest BCUT2D eigenvalue weighted by Gasteiger charge is 2.16. The van der Waals surface area contributed by atoms with Crippen molar-refractivity contribution in [3.63, 3.8) is 0 Å². The fourth-order valence-corrected chi connectivity index (χ4v) is 1.62. The lowest BCUT2D eigenvalue weighted by molar-refractivity contribution is 0.0467. The van der Waals surface area contributed by atoms with Crippen molar-refractivity contribution in [2.45, 2.75) is 6.61 Å². The maximum atomic E-state index is 13.5. The van der Waals surface area contributed by atoms with Gasteiger partial charge in [-0.1, -0.05) is 12.1 Å². The third-order valence-corrected chi connectivity index (χ3v) is 2.76. The van der Waals surface area contributed by atoms with Gasteiger partial charge in [-0.15, -0.1) is 0 Å². The number of carbonyl (C=O) groups is 1. The molecule has 6 heteroatoms. The van der Waals surface area contributed by atoms with E-state index in [1.807, 2.05) is 6.07 Å². The topological polar surface area (TPSA) is 76.1 Å². The molecule has 0 atom stereocenters. The van der Waals surface area contributed by atoms with E-state index in [-0.39, 0.29) is 12.3 Å². The Bertz CT molecular complexity index is 722. The molecule has 21 heavy (non-hydrogen) atoms.